The minimum absolute atomic E-state index is 0.349. The van der Waals surface area contributed by atoms with Crippen molar-refractivity contribution >= 4 is 27.2 Å². The van der Waals surface area contributed by atoms with Crippen LogP contribution in [0.1, 0.15) is 11.1 Å². The quantitative estimate of drug-likeness (QED) is 0.916. The number of hydrogen-bond acceptors (Lipinski definition) is 3. The molecule has 0 saturated carbocycles. The fourth-order valence-corrected chi connectivity index (χ4v) is 4.05. The predicted octanol–water partition coefficient (Wildman–Crippen LogP) is 1.71. The summed E-state index contributed by atoms with van der Waals surface area (Å²) in [5.41, 5.74) is 7.56. The number of benzene rings is 2. The molecule has 22 heavy (non-hydrogen) atoms. The maximum Gasteiger partial charge on any atom is 0.270 e. The average molecular weight is 314 g/mol. The van der Waals surface area contributed by atoms with Crippen LogP contribution in [0.2, 0.25) is 0 Å². The number of anilines is 1. The van der Waals surface area contributed by atoms with Gasteiger partial charge in [-0.15, -0.1) is 0 Å². The number of carbonyl (C=O) groups is 1. The number of fused-ring (bicyclic) bond motifs is 1. The molecule has 0 spiro atoms. The van der Waals surface area contributed by atoms with Gasteiger partial charge in [-0.05, 0) is 11.6 Å². The van der Waals surface area contributed by atoms with E-state index in [0.29, 0.717) is 22.4 Å². The molecule has 112 valence electrons. The number of primary amides is 1. The van der Waals surface area contributed by atoms with Crippen molar-refractivity contribution in [3.05, 3.63) is 70.6 Å². The Morgan fingerprint density at radius 2 is 1.59 bits per heavy atom. The van der Waals surface area contributed by atoms with E-state index in [4.69, 9.17) is 5.73 Å². The smallest absolute Gasteiger partial charge is 0.270 e. The van der Waals surface area contributed by atoms with Crippen LogP contribution in [0.15, 0.2) is 59.5 Å². The molecule has 1 aliphatic rings. The van der Waals surface area contributed by atoms with Crippen LogP contribution < -0.4 is 10.0 Å². The van der Waals surface area contributed by atoms with Gasteiger partial charge in [-0.2, -0.15) is 0 Å². The van der Waals surface area contributed by atoms with E-state index in [1.807, 2.05) is 6.07 Å². The molecule has 0 fully saturated rings. The van der Waals surface area contributed by atoms with Crippen molar-refractivity contribution in [3.63, 3.8) is 0 Å². The highest BCUT2D eigenvalue weighted by Crippen LogP contribution is 2.41. The third-order valence-corrected chi connectivity index (χ3v) is 5.48. The molecule has 0 aromatic heterocycles. The van der Waals surface area contributed by atoms with Gasteiger partial charge in [0.25, 0.3) is 15.9 Å². The molecule has 0 radical (unpaired) electrons. The van der Waals surface area contributed by atoms with E-state index in [-0.39, 0.29) is 4.91 Å². The first-order valence-corrected chi connectivity index (χ1v) is 8.06. The van der Waals surface area contributed by atoms with E-state index in [1.54, 1.807) is 48.5 Å². The summed E-state index contributed by atoms with van der Waals surface area (Å²) >= 11 is 0. The van der Waals surface area contributed by atoms with E-state index >= 15 is 0 Å². The molecule has 1 amide bonds. The van der Waals surface area contributed by atoms with Crippen LogP contribution in [0.25, 0.3) is 5.57 Å². The highest BCUT2D eigenvalue weighted by Gasteiger charge is 2.38. The maximum absolute atomic E-state index is 12.7. The zero-order valence-electron chi connectivity index (χ0n) is 11.9. The molecule has 0 unspecified atom stereocenters. The molecule has 2 aromatic rings. The van der Waals surface area contributed by atoms with E-state index in [2.05, 4.69) is 0 Å². The number of sulfonamides is 1. The summed E-state index contributed by atoms with van der Waals surface area (Å²) in [5.74, 6) is -0.958. The van der Waals surface area contributed by atoms with Crippen molar-refractivity contribution in [3.8, 4) is 0 Å². The summed E-state index contributed by atoms with van der Waals surface area (Å²) in [7, 11) is -2.56. The van der Waals surface area contributed by atoms with Gasteiger partial charge < -0.3 is 5.73 Å². The highest BCUT2D eigenvalue weighted by atomic mass is 32.2. The number of nitrogens with two attached hydrogens (primary N) is 1. The first-order valence-electron chi connectivity index (χ1n) is 6.62. The number of carbonyl (C=O) groups excluding carboxylic acids is 1. The molecule has 1 heterocycles. The Kier molecular flexibility index (Phi) is 3.26. The zero-order valence-corrected chi connectivity index (χ0v) is 12.7. The fraction of sp³-hybridized carbons (Fsp3) is 0.0625. The standard InChI is InChI=1S/C16H14N2O3S/c1-18-13-10-6-5-9-12(13)14(11-7-3-2-4-8-11)15(16(17)19)22(18,20)21/h2-10H,1H3,(H2,17,19). The third kappa shape index (κ3) is 2.00. The summed E-state index contributed by atoms with van der Waals surface area (Å²) < 4.78 is 26.4. The van der Waals surface area contributed by atoms with Crippen molar-refractivity contribution < 1.29 is 13.2 Å². The summed E-state index contributed by atoms with van der Waals surface area (Å²) in [6, 6.07) is 16.0. The van der Waals surface area contributed by atoms with Crippen LogP contribution in [0.4, 0.5) is 5.69 Å². The Morgan fingerprint density at radius 1 is 1.00 bits per heavy atom. The molecular weight excluding hydrogens is 300 g/mol. The lowest BCUT2D eigenvalue weighted by atomic mass is 9.95. The number of rotatable bonds is 2. The van der Waals surface area contributed by atoms with Crippen molar-refractivity contribution in [2.75, 3.05) is 11.4 Å². The summed E-state index contributed by atoms with van der Waals surface area (Å²) in [6.45, 7) is 0. The van der Waals surface area contributed by atoms with Crippen molar-refractivity contribution in [2.45, 2.75) is 0 Å². The molecule has 0 bridgehead atoms. The monoisotopic (exact) mass is 314 g/mol. The molecule has 0 aliphatic carbocycles. The normalized spacial score (nSPS) is 16.3. The first kappa shape index (κ1) is 14.3. The molecule has 0 saturated heterocycles. The maximum atomic E-state index is 12.7. The molecule has 2 N–H and O–H groups in total. The number of para-hydroxylation sites is 1. The van der Waals surface area contributed by atoms with Crippen LogP contribution >= 0.6 is 0 Å². The van der Waals surface area contributed by atoms with E-state index in [0.717, 1.165) is 4.31 Å². The third-order valence-electron chi connectivity index (χ3n) is 3.64. The Labute approximate surface area is 128 Å². The summed E-state index contributed by atoms with van der Waals surface area (Å²) in [6.07, 6.45) is 0. The first-order chi connectivity index (χ1) is 10.4. The molecular formula is C16H14N2O3S. The van der Waals surface area contributed by atoms with Crippen molar-refractivity contribution in [1.29, 1.82) is 0 Å². The number of amides is 1. The summed E-state index contributed by atoms with van der Waals surface area (Å²) in [5, 5.41) is 0. The minimum atomic E-state index is -3.97. The van der Waals surface area contributed by atoms with Crippen LogP contribution in [0.3, 0.4) is 0 Å². The summed E-state index contributed by atoms with van der Waals surface area (Å²) in [4.78, 5) is 11.5. The van der Waals surface area contributed by atoms with Gasteiger partial charge in [0.2, 0.25) is 0 Å². The van der Waals surface area contributed by atoms with Gasteiger partial charge in [0.15, 0.2) is 4.91 Å². The molecule has 0 atom stereocenters. The Balaban J connectivity index is 2.47. The van der Waals surface area contributed by atoms with E-state index in [1.165, 1.54) is 7.05 Å². The fourth-order valence-electron chi connectivity index (χ4n) is 2.62. The Bertz CT molecular complexity index is 887. The van der Waals surface area contributed by atoms with Gasteiger partial charge in [0.1, 0.15) is 0 Å². The molecule has 1 aliphatic heterocycles. The van der Waals surface area contributed by atoms with Crippen LogP contribution in [0, 0.1) is 0 Å². The van der Waals surface area contributed by atoms with Crippen LogP contribution in [-0.2, 0) is 14.8 Å². The van der Waals surface area contributed by atoms with Gasteiger partial charge in [-0.1, -0.05) is 48.5 Å². The lowest BCUT2D eigenvalue weighted by molar-refractivity contribution is -0.113. The van der Waals surface area contributed by atoms with Gasteiger partial charge in [0.05, 0.1) is 5.69 Å². The van der Waals surface area contributed by atoms with Gasteiger partial charge >= 0.3 is 0 Å². The minimum Gasteiger partial charge on any atom is -0.365 e. The van der Waals surface area contributed by atoms with Crippen LogP contribution in [-0.4, -0.2) is 21.4 Å². The van der Waals surface area contributed by atoms with Crippen molar-refractivity contribution in [2.24, 2.45) is 5.73 Å². The zero-order chi connectivity index (χ0) is 15.9. The second-order valence-corrected chi connectivity index (χ2v) is 6.83. The van der Waals surface area contributed by atoms with Gasteiger partial charge in [-0.3, -0.25) is 9.10 Å². The average Bonchev–Trinajstić information content (AvgIpc) is 2.51. The molecule has 5 nitrogen and oxygen atoms in total. The molecule has 2 aromatic carbocycles. The highest BCUT2D eigenvalue weighted by molar-refractivity contribution is 7.97. The largest absolute Gasteiger partial charge is 0.365 e. The Hall–Kier alpha value is -2.60. The van der Waals surface area contributed by atoms with Crippen LogP contribution in [0.5, 0.6) is 0 Å². The topological polar surface area (TPSA) is 80.5 Å². The van der Waals surface area contributed by atoms with E-state index < -0.39 is 15.9 Å². The second kappa shape index (κ2) is 4.99. The predicted molar refractivity (Wildman–Crippen MR) is 85.4 cm³/mol. The second-order valence-electron chi connectivity index (χ2n) is 4.92. The Morgan fingerprint density at radius 3 is 2.23 bits per heavy atom. The SMILES string of the molecule is CN1c2ccccc2C(c2ccccc2)=C(C(N)=O)S1(=O)=O. The van der Waals surface area contributed by atoms with Gasteiger partial charge in [-0.25, -0.2) is 8.42 Å². The van der Waals surface area contributed by atoms with Crippen molar-refractivity contribution in [1.82, 2.24) is 0 Å². The lowest BCUT2D eigenvalue weighted by Gasteiger charge is -2.30. The number of nitrogens with zero attached hydrogens (tertiary/aromatic N) is 1. The molecule has 6 heteroatoms. The number of hydrogen-bond donors (Lipinski definition) is 1. The van der Waals surface area contributed by atoms with E-state index in [9.17, 15) is 13.2 Å². The molecule has 3 rings (SSSR count). The lowest BCUT2D eigenvalue weighted by Crippen LogP contribution is -2.37. The van der Waals surface area contributed by atoms with Gasteiger partial charge in [0, 0.05) is 18.2 Å².